The number of aryl methyl sites for hydroxylation is 1. The van der Waals surface area contributed by atoms with Gasteiger partial charge in [-0.1, -0.05) is 0 Å². The van der Waals surface area contributed by atoms with Crippen molar-refractivity contribution in [3.63, 3.8) is 0 Å². The average Bonchev–Trinajstić information content (AvgIpc) is 2.22. The maximum absolute atomic E-state index is 4.05. The second-order valence-corrected chi connectivity index (χ2v) is 2.10. The average molecular weight is 121 g/mol. The van der Waals surface area contributed by atoms with Gasteiger partial charge in [-0.3, -0.25) is 4.40 Å². The van der Waals surface area contributed by atoms with Crippen LogP contribution < -0.4 is 0 Å². The van der Waals surface area contributed by atoms with Crippen LogP contribution in [-0.4, -0.2) is 14.4 Å². The van der Waals surface area contributed by atoms with E-state index in [0.29, 0.717) is 0 Å². The molecular weight excluding hydrogens is 114 g/mol. The molecule has 3 heteroatoms. The molecule has 0 aliphatic rings. The van der Waals surface area contributed by atoms with Gasteiger partial charge in [0.25, 0.3) is 0 Å². The Kier molecular flexibility index (Phi) is 0.704. The Hall–Kier alpha value is -1.25. The number of rotatable bonds is 0. The third-order valence-electron chi connectivity index (χ3n) is 1.31. The molecule has 2 aromatic heterocycles. The third-order valence-corrected chi connectivity index (χ3v) is 1.31. The first-order valence-corrected chi connectivity index (χ1v) is 2.84. The van der Waals surface area contributed by atoms with E-state index in [9.17, 15) is 0 Å². The van der Waals surface area contributed by atoms with Gasteiger partial charge in [-0.05, 0) is 6.92 Å². The minimum Gasteiger partial charge on any atom is -0.328 e. The minimum atomic E-state index is 0.910. The Morgan fingerprint density at radius 1 is 1.67 bits per heavy atom. The van der Waals surface area contributed by atoms with Gasteiger partial charge in [0.2, 0.25) is 5.78 Å². The normalized spacial score (nSPS) is 10.8. The van der Waals surface area contributed by atoms with E-state index in [1.165, 1.54) is 0 Å². The number of aromatic amines is 1. The zero-order valence-corrected chi connectivity index (χ0v) is 5.13. The van der Waals surface area contributed by atoms with Gasteiger partial charge in [0.05, 0.1) is 0 Å². The summed E-state index contributed by atoms with van der Waals surface area (Å²) in [5.41, 5.74) is 1.14. The van der Waals surface area contributed by atoms with Crippen molar-refractivity contribution in [2.45, 2.75) is 6.92 Å². The highest BCUT2D eigenvalue weighted by Crippen LogP contribution is 1.99. The van der Waals surface area contributed by atoms with Crippen molar-refractivity contribution in [3.8, 4) is 0 Å². The number of aromatic nitrogens is 3. The van der Waals surface area contributed by atoms with Crippen LogP contribution in [0.3, 0.4) is 0 Å². The molecule has 0 bridgehead atoms. The highest BCUT2D eigenvalue weighted by Gasteiger charge is 1.93. The first-order valence-electron chi connectivity index (χ1n) is 2.84. The molecule has 0 aliphatic carbocycles. The van der Waals surface area contributed by atoms with Crippen LogP contribution in [0.5, 0.6) is 0 Å². The SMILES string of the molecule is Cc1cn2ccnc2[nH]1. The molecule has 0 radical (unpaired) electrons. The molecule has 46 valence electrons. The van der Waals surface area contributed by atoms with Crippen molar-refractivity contribution >= 4 is 5.78 Å². The molecule has 2 rings (SSSR count). The van der Waals surface area contributed by atoms with E-state index >= 15 is 0 Å². The summed E-state index contributed by atoms with van der Waals surface area (Å²) in [6.45, 7) is 2.01. The highest BCUT2D eigenvalue weighted by molar-refractivity contribution is 5.29. The Bertz CT molecular complexity index is 289. The summed E-state index contributed by atoms with van der Waals surface area (Å²) in [4.78, 5) is 7.14. The lowest BCUT2D eigenvalue weighted by molar-refractivity contribution is 1.21. The van der Waals surface area contributed by atoms with Crippen LogP contribution in [0.15, 0.2) is 18.6 Å². The molecule has 9 heavy (non-hydrogen) atoms. The van der Waals surface area contributed by atoms with Gasteiger partial charge in [-0.2, -0.15) is 0 Å². The molecular formula is C6H7N3. The molecule has 0 aliphatic heterocycles. The Balaban J connectivity index is 2.92. The molecule has 3 nitrogen and oxygen atoms in total. The van der Waals surface area contributed by atoms with Crippen LogP contribution in [0.25, 0.3) is 5.78 Å². The second-order valence-electron chi connectivity index (χ2n) is 2.10. The van der Waals surface area contributed by atoms with Crippen LogP contribution in [0.4, 0.5) is 0 Å². The van der Waals surface area contributed by atoms with Crippen LogP contribution in [-0.2, 0) is 0 Å². The largest absolute Gasteiger partial charge is 0.328 e. The molecule has 0 aromatic carbocycles. The zero-order valence-electron chi connectivity index (χ0n) is 5.13. The van der Waals surface area contributed by atoms with E-state index in [-0.39, 0.29) is 0 Å². The van der Waals surface area contributed by atoms with Crippen molar-refractivity contribution in [3.05, 3.63) is 24.3 Å². The predicted molar refractivity (Wildman–Crippen MR) is 34.3 cm³/mol. The number of H-pyrrole nitrogens is 1. The molecule has 2 heterocycles. The van der Waals surface area contributed by atoms with Crippen molar-refractivity contribution < 1.29 is 0 Å². The van der Waals surface area contributed by atoms with E-state index < -0.39 is 0 Å². The zero-order chi connectivity index (χ0) is 6.27. The summed E-state index contributed by atoms with van der Waals surface area (Å²) in [6, 6.07) is 0. The van der Waals surface area contributed by atoms with Crippen LogP contribution >= 0.6 is 0 Å². The van der Waals surface area contributed by atoms with Crippen molar-refractivity contribution in [2.75, 3.05) is 0 Å². The maximum Gasteiger partial charge on any atom is 0.211 e. The molecule has 0 fully saturated rings. The third kappa shape index (κ3) is 0.543. The molecule has 0 spiro atoms. The minimum absolute atomic E-state index is 0.910. The molecule has 2 aromatic rings. The molecule has 0 amide bonds. The van der Waals surface area contributed by atoms with Crippen molar-refractivity contribution in [1.82, 2.24) is 14.4 Å². The van der Waals surface area contributed by atoms with Crippen LogP contribution in [0.1, 0.15) is 5.69 Å². The predicted octanol–water partition coefficient (Wildman–Crippen LogP) is 0.971. The number of nitrogens with zero attached hydrogens (tertiary/aromatic N) is 2. The smallest absolute Gasteiger partial charge is 0.211 e. The fourth-order valence-corrected chi connectivity index (χ4v) is 0.931. The van der Waals surface area contributed by atoms with Gasteiger partial charge in [0.15, 0.2) is 0 Å². The highest BCUT2D eigenvalue weighted by atomic mass is 15.1. The van der Waals surface area contributed by atoms with Crippen molar-refractivity contribution in [2.24, 2.45) is 0 Å². The molecule has 0 saturated carbocycles. The number of hydrogen-bond donors (Lipinski definition) is 1. The second kappa shape index (κ2) is 1.37. The van der Waals surface area contributed by atoms with Gasteiger partial charge in [-0.25, -0.2) is 4.98 Å². The van der Waals surface area contributed by atoms with E-state index in [4.69, 9.17) is 0 Å². The van der Waals surface area contributed by atoms with Gasteiger partial charge in [-0.15, -0.1) is 0 Å². The van der Waals surface area contributed by atoms with E-state index in [0.717, 1.165) is 11.5 Å². The Labute approximate surface area is 52.3 Å². The monoisotopic (exact) mass is 121 g/mol. The first kappa shape index (κ1) is 4.61. The summed E-state index contributed by atoms with van der Waals surface area (Å²) in [6.07, 6.45) is 5.69. The standard InChI is InChI=1S/C6H7N3/c1-5-4-9-3-2-7-6(9)8-5/h2-4H,1H3,(H,7,8). The van der Waals surface area contributed by atoms with Gasteiger partial charge < -0.3 is 4.98 Å². The van der Waals surface area contributed by atoms with Crippen molar-refractivity contribution in [1.29, 1.82) is 0 Å². The lowest BCUT2D eigenvalue weighted by atomic mass is 10.6. The number of imidazole rings is 2. The number of nitrogens with one attached hydrogen (secondary N) is 1. The lowest BCUT2D eigenvalue weighted by Crippen LogP contribution is -1.70. The summed E-state index contributed by atoms with van der Waals surface area (Å²) >= 11 is 0. The number of hydrogen-bond acceptors (Lipinski definition) is 1. The summed E-state index contributed by atoms with van der Waals surface area (Å²) < 4.78 is 1.95. The van der Waals surface area contributed by atoms with Gasteiger partial charge >= 0.3 is 0 Å². The van der Waals surface area contributed by atoms with E-state index in [1.54, 1.807) is 6.20 Å². The topological polar surface area (TPSA) is 33.1 Å². The fourth-order valence-electron chi connectivity index (χ4n) is 0.931. The van der Waals surface area contributed by atoms with Gasteiger partial charge in [0.1, 0.15) is 0 Å². The quantitative estimate of drug-likeness (QED) is 0.553. The Morgan fingerprint density at radius 2 is 2.56 bits per heavy atom. The lowest BCUT2D eigenvalue weighted by Gasteiger charge is -1.72. The summed E-state index contributed by atoms with van der Waals surface area (Å²) in [5.74, 6) is 0.910. The molecule has 0 atom stereocenters. The molecule has 1 N–H and O–H groups in total. The number of fused-ring (bicyclic) bond motifs is 1. The molecule has 0 saturated heterocycles. The molecule has 0 unspecified atom stereocenters. The summed E-state index contributed by atoms with van der Waals surface area (Å²) in [5, 5.41) is 0. The summed E-state index contributed by atoms with van der Waals surface area (Å²) in [7, 11) is 0. The van der Waals surface area contributed by atoms with Crippen LogP contribution in [0, 0.1) is 6.92 Å². The maximum atomic E-state index is 4.05. The van der Waals surface area contributed by atoms with Gasteiger partial charge in [0, 0.05) is 24.3 Å². The van der Waals surface area contributed by atoms with Crippen LogP contribution in [0.2, 0.25) is 0 Å². The fraction of sp³-hybridized carbons (Fsp3) is 0.167. The first-order chi connectivity index (χ1) is 4.36. The van der Waals surface area contributed by atoms with E-state index in [1.807, 2.05) is 23.7 Å². The van der Waals surface area contributed by atoms with E-state index in [2.05, 4.69) is 9.97 Å². The Morgan fingerprint density at radius 3 is 3.33 bits per heavy atom.